The summed E-state index contributed by atoms with van der Waals surface area (Å²) >= 11 is 1.57. The fourth-order valence-corrected chi connectivity index (χ4v) is 4.77. The van der Waals surface area contributed by atoms with Gasteiger partial charge in [-0.05, 0) is 56.6 Å². The largest absolute Gasteiger partial charge is 0.419 e. The molecule has 9 heteroatoms. The summed E-state index contributed by atoms with van der Waals surface area (Å²) in [5.41, 5.74) is 4.17. The summed E-state index contributed by atoms with van der Waals surface area (Å²) in [6.45, 7) is 1.20. The number of nitrogens with zero attached hydrogens (tertiary/aromatic N) is 4. The maximum absolute atomic E-state index is 13.2. The van der Waals surface area contributed by atoms with Gasteiger partial charge in [0, 0.05) is 41.8 Å². The van der Waals surface area contributed by atoms with Gasteiger partial charge in [-0.15, -0.1) is 11.8 Å². The van der Waals surface area contributed by atoms with Crippen LogP contribution in [0.4, 0.5) is 5.69 Å². The number of rotatable bonds is 8. The van der Waals surface area contributed by atoms with Crippen molar-refractivity contribution in [3.63, 3.8) is 0 Å². The molecule has 178 valence electrons. The predicted octanol–water partition coefficient (Wildman–Crippen LogP) is 4.35. The van der Waals surface area contributed by atoms with Gasteiger partial charge in [0.15, 0.2) is 5.58 Å². The number of aromatic nitrogens is 3. The van der Waals surface area contributed by atoms with Gasteiger partial charge in [-0.25, -0.2) is 9.78 Å². The summed E-state index contributed by atoms with van der Waals surface area (Å²) < 4.78 is 8.93. The van der Waals surface area contributed by atoms with Crippen LogP contribution in [0, 0.1) is 0 Å². The van der Waals surface area contributed by atoms with Gasteiger partial charge in [-0.1, -0.05) is 18.2 Å². The zero-order valence-electron chi connectivity index (χ0n) is 19.5. The van der Waals surface area contributed by atoms with E-state index in [4.69, 9.17) is 4.42 Å². The number of hydrogen-bond acceptors (Lipinski definition) is 6. The third-order valence-electron chi connectivity index (χ3n) is 5.62. The summed E-state index contributed by atoms with van der Waals surface area (Å²) in [5, 5.41) is 2.97. The van der Waals surface area contributed by atoms with E-state index in [1.165, 1.54) is 0 Å². The summed E-state index contributed by atoms with van der Waals surface area (Å²) in [5.74, 6) is 0.0256. The summed E-state index contributed by atoms with van der Waals surface area (Å²) in [7, 11) is 3.90. The molecule has 0 bridgehead atoms. The lowest BCUT2D eigenvalue weighted by Gasteiger charge is -2.11. The summed E-state index contributed by atoms with van der Waals surface area (Å²) in [6, 6.07) is 18.6. The second-order valence-electron chi connectivity index (χ2n) is 8.44. The van der Waals surface area contributed by atoms with Crippen LogP contribution in [-0.2, 0) is 12.3 Å². The van der Waals surface area contributed by atoms with Gasteiger partial charge in [-0.3, -0.25) is 9.36 Å². The molecule has 0 aliphatic rings. The number of carbonyl (C=O) groups excluding carboxylic acids is 1. The third-order valence-corrected chi connectivity index (χ3v) is 6.72. The molecule has 0 fully saturated rings. The van der Waals surface area contributed by atoms with Crippen molar-refractivity contribution in [2.75, 3.05) is 26.0 Å². The van der Waals surface area contributed by atoms with Gasteiger partial charge in [0.2, 0.25) is 0 Å². The molecule has 0 saturated carbocycles. The van der Waals surface area contributed by atoms with Gasteiger partial charge >= 0.3 is 5.76 Å². The molecule has 0 aliphatic carbocycles. The SMILES string of the molecule is CN(C)CCn1c(=O)oc2ccc(NC(=O)c3ccccc3SCc3cn4ccccc4n3)cc21. The van der Waals surface area contributed by atoms with Crippen LogP contribution in [0.5, 0.6) is 0 Å². The Morgan fingerprint density at radius 3 is 2.77 bits per heavy atom. The van der Waals surface area contributed by atoms with Crippen LogP contribution in [0.15, 0.2) is 87.2 Å². The number of benzene rings is 2. The Kier molecular flexibility index (Phi) is 6.43. The van der Waals surface area contributed by atoms with Crippen LogP contribution < -0.4 is 11.1 Å². The quantitative estimate of drug-likeness (QED) is 0.328. The number of hydrogen-bond donors (Lipinski definition) is 1. The lowest BCUT2D eigenvalue weighted by molar-refractivity contribution is 0.102. The van der Waals surface area contributed by atoms with Gasteiger partial charge in [0.05, 0.1) is 16.8 Å². The molecule has 0 unspecified atom stereocenters. The van der Waals surface area contributed by atoms with Crippen LogP contribution in [0.1, 0.15) is 16.1 Å². The van der Waals surface area contributed by atoms with E-state index in [1.54, 1.807) is 34.5 Å². The molecule has 0 aliphatic heterocycles. The van der Waals surface area contributed by atoms with Crippen LogP contribution in [0.2, 0.25) is 0 Å². The molecule has 5 rings (SSSR count). The minimum absolute atomic E-state index is 0.215. The Morgan fingerprint density at radius 2 is 1.94 bits per heavy atom. The fraction of sp³-hybridized carbons (Fsp3) is 0.192. The van der Waals surface area contributed by atoms with E-state index in [9.17, 15) is 9.59 Å². The molecule has 35 heavy (non-hydrogen) atoms. The normalized spacial score (nSPS) is 11.5. The summed E-state index contributed by atoms with van der Waals surface area (Å²) in [6.07, 6.45) is 3.97. The number of nitrogens with one attached hydrogen (secondary N) is 1. The van der Waals surface area contributed by atoms with Crippen LogP contribution in [-0.4, -0.2) is 45.4 Å². The van der Waals surface area contributed by atoms with Crippen LogP contribution in [0.3, 0.4) is 0 Å². The van der Waals surface area contributed by atoms with Crippen molar-refractivity contribution in [1.29, 1.82) is 0 Å². The second kappa shape index (κ2) is 9.81. The van der Waals surface area contributed by atoms with E-state index < -0.39 is 5.76 Å². The lowest BCUT2D eigenvalue weighted by atomic mass is 10.2. The smallest absolute Gasteiger partial charge is 0.408 e. The molecule has 0 spiro atoms. The number of thioether (sulfide) groups is 1. The lowest BCUT2D eigenvalue weighted by Crippen LogP contribution is -2.23. The zero-order chi connectivity index (χ0) is 24.4. The molecular weight excluding hydrogens is 462 g/mol. The first kappa shape index (κ1) is 22.9. The zero-order valence-corrected chi connectivity index (χ0v) is 20.3. The molecule has 8 nitrogen and oxygen atoms in total. The average Bonchev–Trinajstić information content (AvgIpc) is 3.41. The van der Waals surface area contributed by atoms with Gasteiger partial charge in [0.25, 0.3) is 5.91 Å². The minimum Gasteiger partial charge on any atom is -0.408 e. The van der Waals surface area contributed by atoms with Crippen molar-refractivity contribution >= 4 is 40.1 Å². The predicted molar refractivity (Wildman–Crippen MR) is 138 cm³/mol. The third kappa shape index (κ3) is 5.01. The Balaban J connectivity index is 1.34. The maximum Gasteiger partial charge on any atom is 0.419 e. The monoisotopic (exact) mass is 487 g/mol. The number of imidazole rings is 1. The van der Waals surface area contributed by atoms with Crippen molar-refractivity contribution in [3.8, 4) is 0 Å². The highest BCUT2D eigenvalue weighted by Crippen LogP contribution is 2.27. The summed E-state index contributed by atoms with van der Waals surface area (Å²) in [4.78, 5) is 33.0. The first-order chi connectivity index (χ1) is 17.0. The molecule has 3 aromatic heterocycles. The number of carbonyl (C=O) groups is 1. The number of amides is 1. The van der Waals surface area contributed by atoms with Crippen molar-refractivity contribution < 1.29 is 9.21 Å². The van der Waals surface area contributed by atoms with E-state index in [0.29, 0.717) is 41.2 Å². The van der Waals surface area contributed by atoms with E-state index in [0.717, 1.165) is 16.2 Å². The van der Waals surface area contributed by atoms with Crippen molar-refractivity contribution in [2.45, 2.75) is 17.2 Å². The highest BCUT2D eigenvalue weighted by Gasteiger charge is 2.15. The molecule has 3 heterocycles. The number of likely N-dealkylation sites (N-methyl/N-ethyl adjacent to an activating group) is 1. The Bertz CT molecular complexity index is 1530. The Morgan fingerprint density at radius 1 is 1.11 bits per heavy atom. The molecule has 1 N–H and O–H groups in total. The van der Waals surface area contributed by atoms with Crippen LogP contribution in [0.25, 0.3) is 16.7 Å². The molecule has 0 atom stereocenters. The van der Waals surface area contributed by atoms with E-state index in [-0.39, 0.29) is 5.91 Å². The highest BCUT2D eigenvalue weighted by atomic mass is 32.2. The first-order valence-electron chi connectivity index (χ1n) is 11.2. The van der Waals surface area contributed by atoms with E-state index in [2.05, 4.69) is 10.3 Å². The standard InChI is InChI=1S/C26H25N5O3S/c1-29(2)13-14-31-21-15-18(10-11-22(21)34-26(31)33)28-25(32)20-7-3-4-8-23(20)35-17-19-16-30-12-6-5-9-24(30)27-19/h3-12,15-16H,13-14,17H2,1-2H3,(H,28,32). The molecule has 2 aromatic carbocycles. The Hall–Kier alpha value is -3.82. The highest BCUT2D eigenvalue weighted by molar-refractivity contribution is 7.98. The van der Waals surface area contributed by atoms with E-state index in [1.807, 2.05) is 78.3 Å². The van der Waals surface area contributed by atoms with Crippen molar-refractivity contribution in [1.82, 2.24) is 18.9 Å². The number of oxazole rings is 1. The van der Waals surface area contributed by atoms with Crippen LogP contribution >= 0.6 is 11.8 Å². The molecular formula is C26H25N5O3S. The number of pyridine rings is 1. The average molecular weight is 488 g/mol. The topological polar surface area (TPSA) is 84.8 Å². The molecule has 0 saturated heterocycles. The molecule has 0 radical (unpaired) electrons. The van der Waals surface area contributed by atoms with Crippen molar-refractivity contribution in [3.05, 3.63) is 94.9 Å². The number of anilines is 1. The maximum atomic E-state index is 13.2. The van der Waals surface area contributed by atoms with Gasteiger partial charge < -0.3 is 19.0 Å². The minimum atomic E-state index is -0.404. The Labute approximate surface area is 206 Å². The molecule has 5 aromatic rings. The van der Waals surface area contributed by atoms with E-state index >= 15 is 0 Å². The second-order valence-corrected chi connectivity index (χ2v) is 9.46. The van der Waals surface area contributed by atoms with Gasteiger partial charge in [-0.2, -0.15) is 0 Å². The first-order valence-corrected chi connectivity index (χ1v) is 12.2. The molecule has 1 amide bonds. The van der Waals surface area contributed by atoms with Crippen molar-refractivity contribution in [2.24, 2.45) is 0 Å². The number of fused-ring (bicyclic) bond motifs is 2. The fourth-order valence-electron chi connectivity index (χ4n) is 3.84. The van der Waals surface area contributed by atoms with Gasteiger partial charge in [0.1, 0.15) is 5.65 Å².